The number of hydrogen-bond donors (Lipinski definition) is 3. The fourth-order valence-electron chi connectivity index (χ4n) is 3.73. The van der Waals surface area contributed by atoms with Crippen molar-refractivity contribution in [2.24, 2.45) is 10.7 Å². The van der Waals surface area contributed by atoms with E-state index < -0.39 is 0 Å². The van der Waals surface area contributed by atoms with Crippen LogP contribution in [0.25, 0.3) is 0 Å². The van der Waals surface area contributed by atoms with Crippen molar-refractivity contribution in [1.82, 2.24) is 10.2 Å². The Morgan fingerprint density at radius 2 is 2.15 bits per heavy atom. The lowest BCUT2D eigenvalue weighted by Crippen LogP contribution is -2.51. The summed E-state index contributed by atoms with van der Waals surface area (Å²) in [4.78, 5) is 18.2. The largest absolute Gasteiger partial charge is 0.352 e. The number of carbonyl (C=O) groups excluding carboxylic acids is 1. The van der Waals surface area contributed by atoms with Crippen LogP contribution in [0.3, 0.4) is 0 Å². The number of guanidine groups is 1. The third-order valence-electron chi connectivity index (χ3n) is 5.26. The third kappa shape index (κ3) is 5.92. The van der Waals surface area contributed by atoms with E-state index in [1.54, 1.807) is 6.07 Å². The second-order valence-electron chi connectivity index (χ2n) is 7.40. The molecule has 0 radical (unpaired) electrons. The predicted molar refractivity (Wildman–Crippen MR) is 106 cm³/mol. The van der Waals surface area contributed by atoms with E-state index in [-0.39, 0.29) is 23.8 Å². The Balaban J connectivity index is 1.59. The zero-order valence-corrected chi connectivity index (χ0v) is 15.8. The van der Waals surface area contributed by atoms with E-state index in [4.69, 9.17) is 5.73 Å². The lowest BCUT2D eigenvalue weighted by Gasteiger charge is -2.30. The van der Waals surface area contributed by atoms with E-state index in [0.29, 0.717) is 24.6 Å². The van der Waals surface area contributed by atoms with Gasteiger partial charge in [0.05, 0.1) is 0 Å². The summed E-state index contributed by atoms with van der Waals surface area (Å²) in [6.07, 6.45) is 6.74. The monoisotopic (exact) mass is 375 g/mol. The molecule has 27 heavy (non-hydrogen) atoms. The molecule has 7 heteroatoms. The van der Waals surface area contributed by atoms with Crippen molar-refractivity contribution in [1.29, 1.82) is 0 Å². The number of hydrogen-bond acceptors (Lipinski definition) is 3. The molecule has 1 aromatic rings. The Morgan fingerprint density at radius 1 is 1.30 bits per heavy atom. The summed E-state index contributed by atoms with van der Waals surface area (Å²) in [6, 6.07) is 6.60. The lowest BCUT2D eigenvalue weighted by molar-refractivity contribution is -0.127. The molecule has 1 saturated heterocycles. The molecule has 2 aliphatic rings. The first kappa shape index (κ1) is 19.6. The summed E-state index contributed by atoms with van der Waals surface area (Å²) in [6.45, 7) is 2.18. The van der Waals surface area contributed by atoms with Crippen molar-refractivity contribution in [3.05, 3.63) is 30.1 Å². The van der Waals surface area contributed by atoms with Crippen LogP contribution in [-0.4, -0.2) is 48.5 Å². The minimum atomic E-state index is -0.290. The van der Waals surface area contributed by atoms with Gasteiger partial charge in [-0.15, -0.1) is 0 Å². The van der Waals surface area contributed by atoms with Gasteiger partial charge in [0, 0.05) is 43.8 Å². The summed E-state index contributed by atoms with van der Waals surface area (Å²) < 4.78 is 13.5. The first-order valence-corrected chi connectivity index (χ1v) is 9.99. The molecule has 0 aromatic heterocycles. The average Bonchev–Trinajstić information content (AvgIpc) is 3.05. The van der Waals surface area contributed by atoms with E-state index >= 15 is 0 Å². The molecule has 1 heterocycles. The van der Waals surface area contributed by atoms with E-state index in [1.807, 2.05) is 11.0 Å². The van der Waals surface area contributed by atoms with Gasteiger partial charge in [0.15, 0.2) is 5.96 Å². The number of nitrogens with zero attached hydrogens (tertiary/aromatic N) is 2. The van der Waals surface area contributed by atoms with Gasteiger partial charge in [0.1, 0.15) is 5.82 Å². The maximum Gasteiger partial charge on any atom is 0.222 e. The second-order valence-corrected chi connectivity index (χ2v) is 7.40. The molecule has 0 bridgehead atoms. The van der Waals surface area contributed by atoms with Gasteiger partial charge in [0.2, 0.25) is 5.91 Å². The molecule has 1 amide bonds. The highest BCUT2D eigenvalue weighted by atomic mass is 19.1. The van der Waals surface area contributed by atoms with Gasteiger partial charge >= 0.3 is 0 Å². The summed E-state index contributed by atoms with van der Waals surface area (Å²) >= 11 is 0. The average molecular weight is 375 g/mol. The molecule has 0 spiro atoms. The Labute approximate surface area is 160 Å². The Morgan fingerprint density at radius 3 is 2.89 bits per heavy atom. The van der Waals surface area contributed by atoms with Crippen LogP contribution in [0.15, 0.2) is 29.3 Å². The molecule has 3 rings (SSSR count). The Kier molecular flexibility index (Phi) is 7.04. The fraction of sp³-hybridized carbons (Fsp3) is 0.600. The number of halogens is 1. The van der Waals surface area contributed by atoms with Gasteiger partial charge in [-0.3, -0.25) is 9.79 Å². The SMILES string of the molecule is N[C@H]1CCCC[C@@H]1NC(=NCCCN1CCCC1=O)Nc1cccc(F)c1. The number of likely N-dealkylation sites (tertiary alicyclic amines) is 1. The van der Waals surface area contributed by atoms with Crippen LogP contribution in [0.1, 0.15) is 44.9 Å². The zero-order valence-electron chi connectivity index (χ0n) is 15.8. The van der Waals surface area contributed by atoms with Gasteiger partial charge in [-0.2, -0.15) is 0 Å². The normalized spacial score (nSPS) is 23.6. The standard InChI is InChI=1S/C20H30FN5O/c21-15-6-3-7-16(14-15)24-20(25-18-9-2-1-8-17(18)22)23-11-5-13-26-12-4-10-19(26)27/h3,6-7,14,17-18H,1-2,4-5,8-13,22H2,(H2,23,24,25)/t17-,18-/m0/s1. The molecule has 1 aromatic carbocycles. The summed E-state index contributed by atoms with van der Waals surface area (Å²) in [5.41, 5.74) is 6.90. The summed E-state index contributed by atoms with van der Waals surface area (Å²) in [5.74, 6) is 0.570. The first-order chi connectivity index (χ1) is 13.1. The highest BCUT2D eigenvalue weighted by molar-refractivity contribution is 5.93. The maximum atomic E-state index is 13.5. The molecule has 1 aliphatic heterocycles. The van der Waals surface area contributed by atoms with Crippen molar-refractivity contribution in [3.63, 3.8) is 0 Å². The number of rotatable bonds is 6. The van der Waals surface area contributed by atoms with E-state index in [0.717, 1.165) is 51.6 Å². The molecule has 6 nitrogen and oxygen atoms in total. The van der Waals surface area contributed by atoms with Gasteiger partial charge in [-0.05, 0) is 43.9 Å². The van der Waals surface area contributed by atoms with Crippen molar-refractivity contribution < 1.29 is 9.18 Å². The van der Waals surface area contributed by atoms with Crippen molar-refractivity contribution >= 4 is 17.6 Å². The van der Waals surface area contributed by atoms with Crippen LogP contribution in [0.5, 0.6) is 0 Å². The number of aliphatic imine (C=N–C) groups is 1. The Bertz CT molecular complexity index is 666. The highest BCUT2D eigenvalue weighted by Crippen LogP contribution is 2.17. The number of benzene rings is 1. The van der Waals surface area contributed by atoms with Crippen LogP contribution in [0.2, 0.25) is 0 Å². The fourth-order valence-corrected chi connectivity index (χ4v) is 3.73. The molecular formula is C20H30FN5O. The number of carbonyl (C=O) groups is 1. The third-order valence-corrected chi connectivity index (χ3v) is 5.26. The molecule has 0 unspecified atom stereocenters. The van der Waals surface area contributed by atoms with Gasteiger partial charge < -0.3 is 21.3 Å². The van der Waals surface area contributed by atoms with Crippen molar-refractivity contribution in [3.8, 4) is 0 Å². The molecule has 1 aliphatic carbocycles. The molecule has 2 atom stereocenters. The van der Waals surface area contributed by atoms with Crippen molar-refractivity contribution in [2.75, 3.05) is 25.0 Å². The minimum absolute atomic E-state index is 0.0977. The van der Waals surface area contributed by atoms with Crippen LogP contribution >= 0.6 is 0 Å². The molecule has 148 valence electrons. The van der Waals surface area contributed by atoms with Crippen LogP contribution in [0, 0.1) is 5.82 Å². The number of nitrogens with two attached hydrogens (primary N) is 1. The van der Waals surface area contributed by atoms with Crippen molar-refractivity contribution in [2.45, 2.75) is 57.0 Å². The molecular weight excluding hydrogens is 345 g/mol. The number of amides is 1. The zero-order chi connectivity index (χ0) is 19.1. The maximum absolute atomic E-state index is 13.5. The topological polar surface area (TPSA) is 82.8 Å². The van der Waals surface area contributed by atoms with Crippen LogP contribution in [0.4, 0.5) is 10.1 Å². The van der Waals surface area contributed by atoms with Crippen LogP contribution < -0.4 is 16.4 Å². The molecule has 2 fully saturated rings. The highest BCUT2D eigenvalue weighted by Gasteiger charge is 2.23. The lowest BCUT2D eigenvalue weighted by atomic mass is 9.91. The van der Waals surface area contributed by atoms with Gasteiger partial charge in [-0.25, -0.2) is 4.39 Å². The predicted octanol–water partition coefficient (Wildman–Crippen LogP) is 2.47. The minimum Gasteiger partial charge on any atom is -0.352 e. The van der Waals surface area contributed by atoms with Gasteiger partial charge in [0.25, 0.3) is 0 Å². The quantitative estimate of drug-likeness (QED) is 0.405. The number of anilines is 1. The summed E-state index contributed by atoms with van der Waals surface area (Å²) in [7, 11) is 0. The van der Waals surface area contributed by atoms with Crippen LogP contribution in [-0.2, 0) is 4.79 Å². The van der Waals surface area contributed by atoms with E-state index in [9.17, 15) is 9.18 Å². The smallest absolute Gasteiger partial charge is 0.222 e. The van der Waals surface area contributed by atoms with Gasteiger partial charge in [-0.1, -0.05) is 18.9 Å². The summed E-state index contributed by atoms with van der Waals surface area (Å²) in [5, 5.41) is 6.61. The van der Waals surface area contributed by atoms with E-state index in [2.05, 4.69) is 15.6 Å². The molecule has 4 N–H and O–H groups in total. The Hall–Kier alpha value is -2.15. The second kappa shape index (κ2) is 9.69. The van der Waals surface area contributed by atoms with E-state index in [1.165, 1.54) is 12.1 Å². The number of nitrogens with one attached hydrogen (secondary N) is 2. The first-order valence-electron chi connectivity index (χ1n) is 9.99. The molecule has 1 saturated carbocycles.